The van der Waals surface area contributed by atoms with Gasteiger partial charge in [0.25, 0.3) is 0 Å². The van der Waals surface area contributed by atoms with Crippen LogP contribution in [0.5, 0.6) is 0 Å². The molecule has 0 unspecified atom stereocenters. The van der Waals surface area contributed by atoms with E-state index >= 15 is 0 Å². The summed E-state index contributed by atoms with van der Waals surface area (Å²) in [5.74, 6) is -1.13. The number of phosphoric acid groups is 1. The molecule has 0 aromatic rings. The molecule has 0 aliphatic carbocycles. The zero-order valence-electron chi connectivity index (χ0n) is 29.3. The Morgan fingerprint density at radius 1 is 0.646 bits per heavy atom. The third-order valence-electron chi connectivity index (χ3n) is 7.22. The van der Waals surface area contributed by atoms with Gasteiger partial charge in [0.15, 0.2) is 6.10 Å². The van der Waals surface area contributed by atoms with Crippen LogP contribution in [-0.4, -0.2) is 63.5 Å². The van der Waals surface area contributed by atoms with Crippen molar-refractivity contribution in [2.75, 3.05) is 13.2 Å². The van der Waals surface area contributed by atoms with Gasteiger partial charge >= 0.3 is 19.8 Å². The standard InChI is InChI=1S/C37H63O10P/c1-3-5-7-8-9-10-11-12-16-19-23-29-37(41)47-35(32-46-48(42,43)44)31-45-36(40)30-24-28-34(39)27-22-18-15-13-14-17-21-26-33(38)25-20-6-4-2/h8-9,14-15,17-18,21-22,26-27,33-35,38-39H,3-7,10-13,16,19-20,23-25,28-32H2,1-2H3,(H2,42,43,44)/b9-8-,17-14-,18-15-,26-21+,27-22+/t33-,34-,35+/m0/s1. The van der Waals surface area contributed by atoms with E-state index in [1.807, 2.05) is 30.4 Å². The summed E-state index contributed by atoms with van der Waals surface area (Å²) in [6.45, 7) is 3.30. The van der Waals surface area contributed by atoms with Crippen LogP contribution in [-0.2, 0) is 28.2 Å². The fourth-order valence-electron chi connectivity index (χ4n) is 4.45. The molecule has 0 spiro atoms. The van der Waals surface area contributed by atoms with Crippen molar-refractivity contribution in [1.82, 2.24) is 0 Å². The summed E-state index contributed by atoms with van der Waals surface area (Å²) in [5.41, 5.74) is 0. The van der Waals surface area contributed by atoms with E-state index in [1.54, 1.807) is 18.2 Å². The molecule has 0 aromatic heterocycles. The molecular formula is C37H63O10P. The maximum Gasteiger partial charge on any atom is 0.469 e. The van der Waals surface area contributed by atoms with Gasteiger partial charge in [-0.3, -0.25) is 14.1 Å². The second kappa shape index (κ2) is 31.9. The topological polar surface area (TPSA) is 160 Å². The molecular weight excluding hydrogens is 635 g/mol. The summed E-state index contributed by atoms with van der Waals surface area (Å²) >= 11 is 0. The lowest BCUT2D eigenvalue weighted by molar-refractivity contribution is -0.161. The van der Waals surface area contributed by atoms with Crippen molar-refractivity contribution in [2.45, 2.75) is 148 Å². The van der Waals surface area contributed by atoms with Crippen molar-refractivity contribution in [3.05, 3.63) is 60.8 Å². The fourth-order valence-corrected chi connectivity index (χ4v) is 4.81. The van der Waals surface area contributed by atoms with Crippen LogP contribution in [0, 0.1) is 0 Å². The van der Waals surface area contributed by atoms with Crippen molar-refractivity contribution in [3.63, 3.8) is 0 Å². The first-order valence-electron chi connectivity index (χ1n) is 17.8. The highest BCUT2D eigenvalue weighted by atomic mass is 31.2. The normalized spacial score (nSPS) is 14.5. The molecule has 0 saturated heterocycles. The molecule has 4 N–H and O–H groups in total. The van der Waals surface area contributed by atoms with E-state index in [4.69, 9.17) is 19.3 Å². The third-order valence-corrected chi connectivity index (χ3v) is 7.70. The van der Waals surface area contributed by atoms with Gasteiger partial charge < -0.3 is 29.5 Å². The summed E-state index contributed by atoms with van der Waals surface area (Å²) in [5, 5.41) is 20.0. The number of phosphoric ester groups is 1. The first kappa shape index (κ1) is 45.7. The number of carbonyl (C=O) groups excluding carboxylic acids is 2. The number of aliphatic hydroxyl groups excluding tert-OH is 2. The van der Waals surface area contributed by atoms with E-state index < -0.39 is 51.3 Å². The largest absolute Gasteiger partial charge is 0.469 e. The highest BCUT2D eigenvalue weighted by Crippen LogP contribution is 2.35. The third kappa shape index (κ3) is 33.6. The second-order valence-corrected chi connectivity index (χ2v) is 13.1. The molecule has 48 heavy (non-hydrogen) atoms. The van der Waals surface area contributed by atoms with Crippen molar-refractivity contribution in [3.8, 4) is 0 Å². The van der Waals surface area contributed by atoms with Gasteiger partial charge in [-0.15, -0.1) is 0 Å². The molecule has 0 aliphatic heterocycles. The van der Waals surface area contributed by atoms with Gasteiger partial charge in [-0.2, -0.15) is 0 Å². The average molecular weight is 699 g/mol. The Balaban J connectivity index is 4.28. The number of unbranched alkanes of at least 4 members (excludes halogenated alkanes) is 9. The van der Waals surface area contributed by atoms with Crippen LogP contribution in [0.1, 0.15) is 129 Å². The van der Waals surface area contributed by atoms with Gasteiger partial charge in [0, 0.05) is 12.8 Å². The van der Waals surface area contributed by atoms with Crippen molar-refractivity contribution >= 4 is 19.8 Å². The summed E-state index contributed by atoms with van der Waals surface area (Å²) in [4.78, 5) is 42.6. The Bertz CT molecular complexity index is 998. The SMILES string of the molecule is CCCC/C=C\CCCCCCCC(=O)O[C@H](COC(=O)CCC[C@@H](O)/C=C/C=C\C/C=C\C=C\[C@@H](O)CCCCC)COP(=O)(O)O. The molecule has 0 radical (unpaired) electrons. The number of ether oxygens (including phenoxy) is 2. The first-order chi connectivity index (χ1) is 23.1. The molecule has 0 bridgehead atoms. The summed E-state index contributed by atoms with van der Waals surface area (Å²) in [7, 11) is -4.81. The lowest BCUT2D eigenvalue weighted by Gasteiger charge is -2.18. The van der Waals surface area contributed by atoms with Gasteiger partial charge in [-0.05, 0) is 51.4 Å². The van der Waals surface area contributed by atoms with Crippen LogP contribution < -0.4 is 0 Å². The number of aliphatic hydroxyl groups is 2. The Kier molecular flexibility index (Phi) is 30.4. The quantitative estimate of drug-likeness (QED) is 0.0183. The van der Waals surface area contributed by atoms with Crippen molar-refractivity contribution < 1.29 is 48.2 Å². The van der Waals surface area contributed by atoms with E-state index in [-0.39, 0.29) is 12.8 Å². The molecule has 0 aromatic carbocycles. The number of allylic oxidation sites excluding steroid dienone is 8. The van der Waals surface area contributed by atoms with E-state index in [1.165, 1.54) is 12.8 Å². The van der Waals surface area contributed by atoms with Crippen molar-refractivity contribution in [2.24, 2.45) is 0 Å². The maximum atomic E-state index is 12.3. The zero-order valence-corrected chi connectivity index (χ0v) is 30.2. The van der Waals surface area contributed by atoms with Crippen LogP contribution in [0.15, 0.2) is 60.8 Å². The molecule has 0 fully saturated rings. The minimum atomic E-state index is -4.81. The first-order valence-corrected chi connectivity index (χ1v) is 19.3. The monoisotopic (exact) mass is 698 g/mol. The summed E-state index contributed by atoms with van der Waals surface area (Å²) in [6.07, 6.45) is 31.7. The van der Waals surface area contributed by atoms with E-state index in [0.29, 0.717) is 25.7 Å². The van der Waals surface area contributed by atoms with Gasteiger partial charge in [0.2, 0.25) is 0 Å². The average Bonchev–Trinajstić information content (AvgIpc) is 3.03. The van der Waals surface area contributed by atoms with Gasteiger partial charge in [-0.1, -0.05) is 126 Å². The fraction of sp³-hybridized carbons (Fsp3) is 0.676. The molecule has 276 valence electrons. The minimum absolute atomic E-state index is 0.0148. The molecule has 0 rings (SSSR count). The summed E-state index contributed by atoms with van der Waals surface area (Å²) in [6, 6.07) is 0. The second-order valence-electron chi connectivity index (χ2n) is 11.9. The van der Waals surface area contributed by atoms with Crippen LogP contribution in [0.4, 0.5) is 0 Å². The number of hydrogen-bond acceptors (Lipinski definition) is 8. The number of rotatable bonds is 31. The predicted molar refractivity (Wildman–Crippen MR) is 191 cm³/mol. The number of hydrogen-bond donors (Lipinski definition) is 4. The van der Waals surface area contributed by atoms with E-state index in [0.717, 1.165) is 64.2 Å². The molecule has 0 heterocycles. The van der Waals surface area contributed by atoms with Crippen molar-refractivity contribution in [1.29, 1.82) is 0 Å². The maximum absolute atomic E-state index is 12.3. The molecule has 0 aliphatic rings. The molecule has 0 saturated carbocycles. The lowest BCUT2D eigenvalue weighted by atomic mass is 10.1. The Labute approximate surface area is 289 Å². The Morgan fingerprint density at radius 3 is 1.83 bits per heavy atom. The molecule has 10 nitrogen and oxygen atoms in total. The molecule has 3 atom stereocenters. The highest BCUT2D eigenvalue weighted by Gasteiger charge is 2.23. The minimum Gasteiger partial charge on any atom is -0.462 e. The van der Waals surface area contributed by atoms with Crippen LogP contribution >= 0.6 is 7.82 Å². The molecule has 11 heteroatoms. The van der Waals surface area contributed by atoms with Gasteiger partial charge in [0.05, 0.1) is 18.8 Å². The number of esters is 2. The van der Waals surface area contributed by atoms with E-state index in [9.17, 15) is 24.4 Å². The van der Waals surface area contributed by atoms with Crippen LogP contribution in [0.2, 0.25) is 0 Å². The molecule has 0 amide bonds. The Hall–Kier alpha value is -2.33. The summed E-state index contributed by atoms with van der Waals surface area (Å²) < 4.78 is 26.1. The smallest absolute Gasteiger partial charge is 0.462 e. The zero-order chi connectivity index (χ0) is 35.7. The van der Waals surface area contributed by atoms with Crippen LogP contribution in [0.3, 0.4) is 0 Å². The lowest BCUT2D eigenvalue weighted by Crippen LogP contribution is -2.29. The van der Waals surface area contributed by atoms with E-state index in [2.05, 4.69) is 30.5 Å². The Morgan fingerprint density at radius 2 is 1.21 bits per heavy atom. The predicted octanol–water partition coefficient (Wildman–Crippen LogP) is 8.12. The van der Waals surface area contributed by atoms with Gasteiger partial charge in [-0.25, -0.2) is 4.57 Å². The van der Waals surface area contributed by atoms with Crippen LogP contribution in [0.25, 0.3) is 0 Å². The highest BCUT2D eigenvalue weighted by molar-refractivity contribution is 7.46. The van der Waals surface area contributed by atoms with Gasteiger partial charge in [0.1, 0.15) is 6.61 Å². The number of carbonyl (C=O) groups is 2.